The monoisotopic (exact) mass is 272 g/mol. The first-order valence-corrected chi connectivity index (χ1v) is 6.92. The summed E-state index contributed by atoms with van der Waals surface area (Å²) in [5, 5.41) is 5.97. The molecule has 1 unspecified atom stereocenters. The molecule has 0 saturated heterocycles. The molecule has 0 spiro atoms. The molecule has 0 fully saturated rings. The van der Waals surface area contributed by atoms with Crippen molar-refractivity contribution < 1.29 is 14.3 Å². The number of rotatable bonds is 8. The zero-order chi connectivity index (χ0) is 14.9. The van der Waals surface area contributed by atoms with E-state index in [1.807, 2.05) is 20.8 Å². The second-order valence-electron chi connectivity index (χ2n) is 5.72. The van der Waals surface area contributed by atoms with Crippen molar-refractivity contribution in [2.24, 2.45) is 0 Å². The Bertz CT molecular complexity index is 285. The summed E-state index contributed by atoms with van der Waals surface area (Å²) in [6.07, 6.45) is 3.08. The largest absolute Gasteiger partial charge is 0.468 e. The molecule has 0 aliphatic carbocycles. The SMILES string of the molecule is CCCCC(NCCC(=O)NC(C)(C)C)C(=O)OC. The predicted molar refractivity (Wildman–Crippen MR) is 75.8 cm³/mol. The number of unbranched alkanes of at least 4 members (excludes halogenated alkanes) is 1. The van der Waals surface area contributed by atoms with Gasteiger partial charge in [0, 0.05) is 18.5 Å². The van der Waals surface area contributed by atoms with Gasteiger partial charge in [0.2, 0.25) is 5.91 Å². The Morgan fingerprint density at radius 1 is 1.26 bits per heavy atom. The maximum atomic E-state index is 11.6. The lowest BCUT2D eigenvalue weighted by Crippen LogP contribution is -2.43. The van der Waals surface area contributed by atoms with E-state index in [1.54, 1.807) is 0 Å². The smallest absolute Gasteiger partial charge is 0.322 e. The fourth-order valence-corrected chi connectivity index (χ4v) is 1.69. The molecule has 5 nitrogen and oxygen atoms in total. The highest BCUT2D eigenvalue weighted by atomic mass is 16.5. The van der Waals surface area contributed by atoms with E-state index < -0.39 is 0 Å². The molecule has 1 amide bonds. The van der Waals surface area contributed by atoms with Crippen LogP contribution in [0.15, 0.2) is 0 Å². The summed E-state index contributed by atoms with van der Waals surface area (Å²) >= 11 is 0. The van der Waals surface area contributed by atoms with E-state index in [1.165, 1.54) is 7.11 Å². The van der Waals surface area contributed by atoms with Crippen molar-refractivity contribution in [2.75, 3.05) is 13.7 Å². The molecule has 0 aliphatic heterocycles. The molecule has 0 aromatic rings. The average Bonchev–Trinajstić information content (AvgIpc) is 2.30. The molecule has 1 atom stereocenters. The maximum absolute atomic E-state index is 11.6. The van der Waals surface area contributed by atoms with Crippen molar-refractivity contribution in [3.8, 4) is 0 Å². The Morgan fingerprint density at radius 3 is 2.37 bits per heavy atom. The van der Waals surface area contributed by atoms with Crippen molar-refractivity contribution >= 4 is 11.9 Å². The minimum Gasteiger partial charge on any atom is -0.468 e. The van der Waals surface area contributed by atoms with E-state index in [4.69, 9.17) is 4.74 Å². The molecule has 0 aromatic heterocycles. The molecule has 2 N–H and O–H groups in total. The van der Waals surface area contributed by atoms with Gasteiger partial charge in [-0.2, -0.15) is 0 Å². The average molecular weight is 272 g/mol. The van der Waals surface area contributed by atoms with Crippen LogP contribution in [-0.2, 0) is 14.3 Å². The van der Waals surface area contributed by atoms with Crippen LogP contribution in [-0.4, -0.2) is 37.1 Å². The van der Waals surface area contributed by atoms with E-state index >= 15 is 0 Å². The van der Waals surface area contributed by atoms with Gasteiger partial charge in [0.25, 0.3) is 0 Å². The normalized spacial score (nSPS) is 12.9. The number of carbonyl (C=O) groups excluding carboxylic acids is 2. The van der Waals surface area contributed by atoms with Crippen molar-refractivity contribution in [3.05, 3.63) is 0 Å². The predicted octanol–water partition coefficient (Wildman–Crippen LogP) is 1.61. The van der Waals surface area contributed by atoms with Crippen molar-refractivity contribution in [2.45, 2.75) is 65.0 Å². The van der Waals surface area contributed by atoms with Crippen LogP contribution in [0.4, 0.5) is 0 Å². The zero-order valence-electron chi connectivity index (χ0n) is 12.8. The number of hydrogen-bond acceptors (Lipinski definition) is 4. The standard InChI is InChI=1S/C14H28N2O3/c1-6-7-8-11(13(18)19-5)15-10-9-12(17)16-14(2,3)4/h11,15H,6-10H2,1-5H3,(H,16,17). The number of methoxy groups -OCH3 is 1. The van der Waals surface area contributed by atoms with Crippen LogP contribution in [0.3, 0.4) is 0 Å². The van der Waals surface area contributed by atoms with Crippen molar-refractivity contribution in [1.29, 1.82) is 0 Å². The lowest BCUT2D eigenvalue weighted by atomic mass is 10.1. The molecule has 0 aliphatic rings. The van der Waals surface area contributed by atoms with Crippen LogP contribution in [0.1, 0.15) is 53.4 Å². The van der Waals surface area contributed by atoms with E-state index in [9.17, 15) is 9.59 Å². The van der Waals surface area contributed by atoms with Gasteiger partial charge in [0.1, 0.15) is 6.04 Å². The lowest BCUT2D eigenvalue weighted by molar-refractivity contribution is -0.143. The van der Waals surface area contributed by atoms with Gasteiger partial charge in [-0.1, -0.05) is 19.8 Å². The molecule has 0 rings (SSSR count). The van der Waals surface area contributed by atoms with E-state index in [0.717, 1.165) is 19.3 Å². The van der Waals surface area contributed by atoms with Crippen LogP contribution in [0.25, 0.3) is 0 Å². The minimum atomic E-state index is -0.313. The Morgan fingerprint density at radius 2 is 1.89 bits per heavy atom. The topological polar surface area (TPSA) is 67.4 Å². The fourth-order valence-electron chi connectivity index (χ4n) is 1.69. The molecule has 0 saturated carbocycles. The second-order valence-corrected chi connectivity index (χ2v) is 5.72. The summed E-state index contributed by atoms with van der Waals surface area (Å²) in [4.78, 5) is 23.2. The third-order valence-electron chi connectivity index (χ3n) is 2.59. The third-order valence-corrected chi connectivity index (χ3v) is 2.59. The fraction of sp³-hybridized carbons (Fsp3) is 0.857. The van der Waals surface area contributed by atoms with E-state index in [2.05, 4.69) is 17.6 Å². The number of nitrogens with one attached hydrogen (secondary N) is 2. The van der Waals surface area contributed by atoms with E-state index in [0.29, 0.717) is 13.0 Å². The Labute approximate surface area is 116 Å². The summed E-state index contributed by atoms with van der Waals surface area (Å²) in [5.41, 5.74) is -0.221. The van der Waals surface area contributed by atoms with Gasteiger partial charge in [-0.15, -0.1) is 0 Å². The zero-order valence-corrected chi connectivity index (χ0v) is 12.8. The molecule has 0 heterocycles. The van der Waals surface area contributed by atoms with Crippen LogP contribution in [0, 0.1) is 0 Å². The summed E-state index contributed by atoms with van der Waals surface area (Å²) < 4.78 is 4.75. The second kappa shape index (κ2) is 8.91. The van der Waals surface area contributed by atoms with Gasteiger partial charge < -0.3 is 15.4 Å². The molecule has 112 valence electrons. The Hall–Kier alpha value is -1.10. The molecule has 0 radical (unpaired) electrons. The summed E-state index contributed by atoms with van der Waals surface area (Å²) in [6.45, 7) is 8.38. The summed E-state index contributed by atoms with van der Waals surface area (Å²) in [5.74, 6) is -0.274. The number of carbonyl (C=O) groups is 2. The van der Waals surface area contributed by atoms with Crippen LogP contribution >= 0.6 is 0 Å². The summed E-state index contributed by atoms with van der Waals surface area (Å²) in [7, 11) is 1.38. The van der Waals surface area contributed by atoms with Gasteiger partial charge in [-0.05, 0) is 27.2 Å². The first-order chi connectivity index (χ1) is 8.80. The van der Waals surface area contributed by atoms with Gasteiger partial charge in [-0.25, -0.2) is 0 Å². The maximum Gasteiger partial charge on any atom is 0.322 e. The van der Waals surface area contributed by atoms with Gasteiger partial charge in [-0.3, -0.25) is 9.59 Å². The van der Waals surface area contributed by atoms with E-state index in [-0.39, 0.29) is 23.5 Å². The molecule has 0 bridgehead atoms. The number of amides is 1. The van der Waals surface area contributed by atoms with Crippen molar-refractivity contribution in [3.63, 3.8) is 0 Å². The van der Waals surface area contributed by atoms with Crippen molar-refractivity contribution in [1.82, 2.24) is 10.6 Å². The minimum absolute atomic E-state index is 0.0147. The van der Waals surface area contributed by atoms with Crippen LogP contribution in [0.5, 0.6) is 0 Å². The third kappa shape index (κ3) is 9.47. The highest BCUT2D eigenvalue weighted by Gasteiger charge is 2.18. The van der Waals surface area contributed by atoms with Gasteiger partial charge in [0.05, 0.1) is 7.11 Å². The highest BCUT2D eigenvalue weighted by molar-refractivity contribution is 5.77. The van der Waals surface area contributed by atoms with Crippen LogP contribution < -0.4 is 10.6 Å². The highest BCUT2D eigenvalue weighted by Crippen LogP contribution is 2.03. The molecule has 5 heteroatoms. The molecule has 0 aromatic carbocycles. The number of hydrogen-bond donors (Lipinski definition) is 2. The summed E-state index contributed by atoms with van der Waals surface area (Å²) in [6, 6.07) is -0.313. The first kappa shape index (κ1) is 17.9. The quantitative estimate of drug-likeness (QED) is 0.659. The Kier molecular flexibility index (Phi) is 8.39. The number of ether oxygens (including phenoxy) is 1. The first-order valence-electron chi connectivity index (χ1n) is 6.92. The molecule has 19 heavy (non-hydrogen) atoms. The molecular formula is C14H28N2O3. The Balaban J connectivity index is 4.04. The number of esters is 1. The van der Waals surface area contributed by atoms with Gasteiger partial charge in [0.15, 0.2) is 0 Å². The van der Waals surface area contributed by atoms with Crippen LogP contribution in [0.2, 0.25) is 0 Å². The van der Waals surface area contributed by atoms with Gasteiger partial charge >= 0.3 is 5.97 Å². The molecular weight excluding hydrogens is 244 g/mol. The lowest BCUT2D eigenvalue weighted by Gasteiger charge is -2.21.